The minimum Gasteiger partial charge on any atom is -0.304 e. The fourth-order valence-corrected chi connectivity index (χ4v) is 3.06. The normalized spacial score (nSPS) is 17.4. The van der Waals surface area contributed by atoms with Crippen molar-refractivity contribution >= 4 is 21.9 Å². The van der Waals surface area contributed by atoms with Crippen molar-refractivity contribution in [2.45, 2.75) is 31.6 Å². The second-order valence-corrected chi connectivity index (χ2v) is 4.87. The van der Waals surface area contributed by atoms with E-state index >= 15 is 0 Å². The number of hydrogen-bond donors (Lipinski definition) is 2. The maximum Gasteiger partial charge on any atom is 0.159 e. The van der Waals surface area contributed by atoms with Gasteiger partial charge in [-0.1, -0.05) is 12.8 Å². The molecule has 3 aromatic rings. The third kappa shape index (κ3) is 1.24. The molecule has 1 aliphatic carbocycles. The Morgan fingerprint density at radius 3 is 2.88 bits per heavy atom. The van der Waals surface area contributed by atoms with E-state index in [-0.39, 0.29) is 0 Å². The zero-order chi connectivity index (χ0) is 11.2. The Morgan fingerprint density at radius 1 is 1.12 bits per heavy atom. The van der Waals surface area contributed by atoms with Gasteiger partial charge in [0.2, 0.25) is 0 Å². The molecule has 4 nitrogen and oxygen atoms in total. The summed E-state index contributed by atoms with van der Waals surface area (Å²) in [6, 6.07) is 2.06. The Hall–Kier alpha value is -1.84. The van der Waals surface area contributed by atoms with E-state index in [1.54, 1.807) is 0 Å². The molecule has 1 aliphatic rings. The molecule has 0 bridgehead atoms. The van der Waals surface area contributed by atoms with Gasteiger partial charge in [-0.25, -0.2) is 9.97 Å². The summed E-state index contributed by atoms with van der Waals surface area (Å²) in [4.78, 5) is 8.62. The molecule has 17 heavy (non-hydrogen) atoms. The van der Waals surface area contributed by atoms with Crippen molar-refractivity contribution in [3.05, 3.63) is 24.2 Å². The lowest BCUT2D eigenvalue weighted by atomic mass is 10.00. The number of fused-ring (bicyclic) bond motifs is 3. The van der Waals surface area contributed by atoms with Crippen LogP contribution in [0.2, 0.25) is 0 Å². The van der Waals surface area contributed by atoms with Crippen molar-refractivity contribution < 1.29 is 0 Å². The van der Waals surface area contributed by atoms with E-state index in [2.05, 4.69) is 26.2 Å². The number of aromatic amines is 2. The highest BCUT2D eigenvalue weighted by Crippen LogP contribution is 2.38. The van der Waals surface area contributed by atoms with E-state index in [1.807, 2.05) is 12.4 Å². The van der Waals surface area contributed by atoms with Crippen molar-refractivity contribution in [3.8, 4) is 0 Å². The minimum atomic E-state index is 0.671. The molecule has 0 saturated heterocycles. The van der Waals surface area contributed by atoms with E-state index in [4.69, 9.17) is 0 Å². The van der Waals surface area contributed by atoms with Crippen molar-refractivity contribution in [2.24, 2.45) is 0 Å². The highest BCUT2D eigenvalue weighted by atomic mass is 15.1. The molecule has 0 spiro atoms. The zero-order valence-corrected chi connectivity index (χ0v) is 9.53. The van der Waals surface area contributed by atoms with Crippen LogP contribution in [0.3, 0.4) is 0 Å². The van der Waals surface area contributed by atoms with Crippen LogP contribution in [0, 0.1) is 0 Å². The predicted octanol–water partition coefficient (Wildman–Crippen LogP) is 3.10. The number of aromatic nitrogens is 4. The van der Waals surface area contributed by atoms with Gasteiger partial charge in [-0.3, -0.25) is 5.10 Å². The molecule has 0 radical (unpaired) electrons. The van der Waals surface area contributed by atoms with Gasteiger partial charge in [0.25, 0.3) is 0 Å². The summed E-state index contributed by atoms with van der Waals surface area (Å²) >= 11 is 0. The summed E-state index contributed by atoms with van der Waals surface area (Å²) in [5, 5.41) is 9.04. The third-order valence-corrected chi connectivity index (χ3v) is 3.90. The first-order valence-electron chi connectivity index (χ1n) is 6.23. The molecule has 1 fully saturated rings. The second kappa shape index (κ2) is 3.32. The number of nitrogens with one attached hydrogen (secondary N) is 2. The maximum atomic E-state index is 4.35. The lowest BCUT2D eigenvalue weighted by Gasteiger charge is -2.06. The summed E-state index contributed by atoms with van der Waals surface area (Å²) in [6.07, 6.45) is 8.99. The molecular formula is C13H14N4. The van der Waals surface area contributed by atoms with E-state index in [0.29, 0.717) is 5.92 Å². The monoisotopic (exact) mass is 226 g/mol. The molecule has 0 aliphatic heterocycles. The summed E-state index contributed by atoms with van der Waals surface area (Å²) < 4.78 is 0. The number of H-pyrrole nitrogens is 2. The van der Waals surface area contributed by atoms with Crippen LogP contribution in [0.25, 0.3) is 21.9 Å². The van der Waals surface area contributed by atoms with Crippen molar-refractivity contribution in [1.29, 1.82) is 0 Å². The molecule has 1 saturated carbocycles. The van der Waals surface area contributed by atoms with Crippen LogP contribution in [0.1, 0.15) is 37.3 Å². The first-order valence-corrected chi connectivity index (χ1v) is 6.23. The molecule has 0 unspecified atom stereocenters. The first-order chi connectivity index (χ1) is 8.43. The molecule has 0 amide bonds. The van der Waals surface area contributed by atoms with Crippen LogP contribution in [-0.2, 0) is 0 Å². The van der Waals surface area contributed by atoms with E-state index in [1.165, 1.54) is 42.1 Å². The van der Waals surface area contributed by atoms with Gasteiger partial charge < -0.3 is 5.10 Å². The number of rotatable bonds is 1. The van der Waals surface area contributed by atoms with Crippen LogP contribution < -0.4 is 0 Å². The molecule has 2 N–H and O–H groups in total. The van der Waals surface area contributed by atoms with Crippen LogP contribution in [0.15, 0.2) is 18.5 Å². The third-order valence-electron chi connectivity index (χ3n) is 3.90. The van der Waals surface area contributed by atoms with Gasteiger partial charge in [-0.2, -0.15) is 0 Å². The molecular weight excluding hydrogens is 212 g/mol. The van der Waals surface area contributed by atoms with Gasteiger partial charge in [-0.05, 0) is 18.9 Å². The largest absolute Gasteiger partial charge is 0.304 e. The maximum absolute atomic E-state index is 4.35. The highest BCUT2D eigenvalue weighted by Gasteiger charge is 2.22. The number of pyridine rings is 1. The van der Waals surface area contributed by atoms with Gasteiger partial charge in [0, 0.05) is 28.6 Å². The number of hydrogen-bond acceptors (Lipinski definition) is 2. The second-order valence-electron chi connectivity index (χ2n) is 4.87. The summed E-state index contributed by atoms with van der Waals surface area (Å²) in [5.74, 6) is 0.671. The Kier molecular flexibility index (Phi) is 1.80. The smallest absolute Gasteiger partial charge is 0.159 e. The lowest BCUT2D eigenvalue weighted by Crippen LogP contribution is -1.93. The quantitative estimate of drug-likeness (QED) is 0.669. The van der Waals surface area contributed by atoms with Gasteiger partial charge in [0.05, 0.1) is 11.7 Å². The van der Waals surface area contributed by atoms with Crippen LogP contribution in [-0.4, -0.2) is 20.2 Å². The molecule has 3 aromatic heterocycles. The number of nitrogens with zero attached hydrogens (tertiary/aromatic N) is 2. The minimum absolute atomic E-state index is 0.671. The van der Waals surface area contributed by atoms with Crippen LogP contribution >= 0.6 is 0 Å². The van der Waals surface area contributed by atoms with Gasteiger partial charge in [-0.15, -0.1) is 0 Å². The van der Waals surface area contributed by atoms with E-state index in [9.17, 15) is 0 Å². The van der Waals surface area contributed by atoms with Gasteiger partial charge >= 0.3 is 0 Å². The molecule has 4 rings (SSSR count). The molecule has 0 aromatic carbocycles. The summed E-state index contributed by atoms with van der Waals surface area (Å²) in [6.45, 7) is 0. The average molecular weight is 226 g/mol. The summed E-state index contributed by atoms with van der Waals surface area (Å²) in [7, 11) is 0. The molecule has 3 heterocycles. The van der Waals surface area contributed by atoms with E-state index in [0.717, 1.165) is 11.2 Å². The SMILES string of the molecule is c1cc2c(n1)ncc1[nH][nH]c(C3CCCC3)c12. The average Bonchev–Trinajstić information content (AvgIpc) is 3.08. The molecule has 0 atom stereocenters. The van der Waals surface area contributed by atoms with Crippen molar-refractivity contribution in [2.75, 3.05) is 0 Å². The Bertz CT molecular complexity index is 673. The van der Waals surface area contributed by atoms with Gasteiger partial charge in [0.1, 0.15) is 0 Å². The lowest BCUT2D eigenvalue weighted by molar-refractivity contribution is 0.698. The molecule has 86 valence electrons. The predicted molar refractivity (Wildman–Crippen MR) is 67.0 cm³/mol. The van der Waals surface area contributed by atoms with Crippen LogP contribution in [0.5, 0.6) is 0 Å². The fraction of sp³-hybridized carbons (Fsp3) is 0.385. The Labute approximate surface area is 98.4 Å². The van der Waals surface area contributed by atoms with Crippen LogP contribution in [0.4, 0.5) is 0 Å². The summed E-state index contributed by atoms with van der Waals surface area (Å²) in [5.41, 5.74) is 3.29. The molecule has 4 heteroatoms. The zero-order valence-electron chi connectivity index (χ0n) is 9.53. The highest BCUT2D eigenvalue weighted by molar-refractivity contribution is 6.04. The van der Waals surface area contributed by atoms with E-state index < -0.39 is 0 Å². The Balaban J connectivity index is 2.05. The topological polar surface area (TPSA) is 57.4 Å². The fourth-order valence-electron chi connectivity index (χ4n) is 3.06. The van der Waals surface area contributed by atoms with Crippen molar-refractivity contribution in [3.63, 3.8) is 0 Å². The standard InChI is InChI=1S/C13H14N4/c1-2-4-8(3-1)12-11-9-5-6-14-13(9)15-7-10(11)16-17-12/h5-8,16-17H,1-4H2. The first kappa shape index (κ1) is 9.22. The van der Waals surface area contributed by atoms with Gasteiger partial charge in [0.15, 0.2) is 5.65 Å². The Morgan fingerprint density at radius 2 is 2.00 bits per heavy atom. The van der Waals surface area contributed by atoms with Crippen molar-refractivity contribution in [1.82, 2.24) is 20.2 Å².